The average molecular weight is 173 g/mol. The summed E-state index contributed by atoms with van der Waals surface area (Å²) in [5, 5.41) is 3.03. The monoisotopic (exact) mass is 173 g/mol. The number of unbranched alkanes of at least 4 members (excludes halogenated alkanes) is 1. The van der Waals surface area contributed by atoms with E-state index in [0.717, 1.165) is 19.4 Å². The van der Waals surface area contributed by atoms with Crippen molar-refractivity contribution in [1.29, 1.82) is 0 Å². The van der Waals surface area contributed by atoms with E-state index in [1.54, 1.807) is 0 Å². The molecule has 0 aliphatic heterocycles. The highest BCUT2D eigenvalue weighted by Crippen LogP contribution is 1.99. The molecule has 0 aromatic carbocycles. The number of ether oxygens (including phenoxy) is 1. The fourth-order valence-corrected chi connectivity index (χ4v) is 0.893. The second kappa shape index (κ2) is 7.10. The van der Waals surface area contributed by atoms with Crippen LogP contribution in [0.4, 0.5) is 0 Å². The number of hydrogen-bond acceptors (Lipinski definition) is 3. The minimum Gasteiger partial charge on any atom is -0.463 e. The van der Waals surface area contributed by atoms with Gasteiger partial charge in [0, 0.05) is 6.42 Å². The summed E-state index contributed by atoms with van der Waals surface area (Å²) in [4.78, 5) is 11.0. The Balaban J connectivity index is 3.20. The molecule has 0 unspecified atom stereocenters. The third-order valence-electron chi connectivity index (χ3n) is 1.42. The maximum absolute atomic E-state index is 11.0. The second-order valence-corrected chi connectivity index (χ2v) is 3.10. The number of carbonyl (C=O) groups excluding carboxylic acids is 1. The van der Waals surface area contributed by atoms with Crippen LogP contribution in [0.25, 0.3) is 0 Å². The number of hydrogen-bond donors (Lipinski definition) is 1. The molecule has 0 saturated carbocycles. The highest BCUT2D eigenvalue weighted by molar-refractivity contribution is 5.69. The average Bonchev–Trinajstić information content (AvgIpc) is 1.97. The first-order valence-corrected chi connectivity index (χ1v) is 4.51. The largest absolute Gasteiger partial charge is 0.463 e. The molecule has 0 radical (unpaired) electrons. The molecule has 72 valence electrons. The van der Waals surface area contributed by atoms with E-state index in [2.05, 4.69) is 5.32 Å². The molecular weight excluding hydrogens is 154 g/mol. The van der Waals surface area contributed by atoms with E-state index < -0.39 is 0 Å². The van der Waals surface area contributed by atoms with Crippen LogP contribution in [0.2, 0.25) is 0 Å². The van der Waals surface area contributed by atoms with Gasteiger partial charge >= 0.3 is 5.97 Å². The minimum absolute atomic E-state index is 0.0156. The van der Waals surface area contributed by atoms with Crippen molar-refractivity contribution in [2.45, 2.75) is 39.2 Å². The van der Waals surface area contributed by atoms with E-state index in [-0.39, 0.29) is 12.1 Å². The maximum Gasteiger partial charge on any atom is 0.306 e. The molecule has 3 nitrogen and oxygen atoms in total. The lowest BCUT2D eigenvalue weighted by molar-refractivity contribution is -0.147. The Morgan fingerprint density at radius 3 is 2.58 bits per heavy atom. The van der Waals surface area contributed by atoms with Crippen LogP contribution < -0.4 is 5.32 Å². The van der Waals surface area contributed by atoms with Crippen molar-refractivity contribution >= 4 is 5.97 Å². The topological polar surface area (TPSA) is 38.3 Å². The van der Waals surface area contributed by atoms with Crippen molar-refractivity contribution in [1.82, 2.24) is 5.32 Å². The summed E-state index contributed by atoms with van der Waals surface area (Å²) in [5.41, 5.74) is 0. The summed E-state index contributed by atoms with van der Waals surface area (Å²) in [5.74, 6) is -0.0823. The van der Waals surface area contributed by atoms with E-state index >= 15 is 0 Å². The Kier molecular flexibility index (Phi) is 6.76. The summed E-state index contributed by atoms with van der Waals surface area (Å²) in [6, 6.07) is 0. The molecule has 0 heterocycles. The first-order chi connectivity index (χ1) is 5.66. The van der Waals surface area contributed by atoms with Crippen molar-refractivity contribution in [3.8, 4) is 0 Å². The predicted molar refractivity (Wildman–Crippen MR) is 49.0 cm³/mol. The second-order valence-electron chi connectivity index (χ2n) is 3.10. The predicted octanol–water partition coefficient (Wildman–Crippen LogP) is 1.33. The van der Waals surface area contributed by atoms with Gasteiger partial charge in [-0.3, -0.25) is 4.79 Å². The van der Waals surface area contributed by atoms with Gasteiger partial charge in [0.2, 0.25) is 0 Å². The molecule has 0 rings (SSSR count). The van der Waals surface area contributed by atoms with Crippen LogP contribution in [0.3, 0.4) is 0 Å². The van der Waals surface area contributed by atoms with Crippen molar-refractivity contribution in [2.24, 2.45) is 0 Å². The fraction of sp³-hybridized carbons (Fsp3) is 0.889. The third kappa shape index (κ3) is 7.54. The van der Waals surface area contributed by atoms with E-state index in [9.17, 15) is 4.79 Å². The Bertz CT molecular complexity index is 124. The van der Waals surface area contributed by atoms with Gasteiger partial charge in [-0.2, -0.15) is 0 Å². The van der Waals surface area contributed by atoms with Crippen LogP contribution in [-0.4, -0.2) is 25.7 Å². The van der Waals surface area contributed by atoms with Gasteiger partial charge in [0.1, 0.15) is 0 Å². The Hall–Kier alpha value is -0.570. The van der Waals surface area contributed by atoms with Gasteiger partial charge < -0.3 is 10.1 Å². The molecule has 0 aliphatic carbocycles. The van der Waals surface area contributed by atoms with Gasteiger partial charge in [0.25, 0.3) is 0 Å². The lowest BCUT2D eigenvalue weighted by Gasteiger charge is -2.07. The van der Waals surface area contributed by atoms with Crippen molar-refractivity contribution in [2.75, 3.05) is 13.6 Å². The number of esters is 1. The molecule has 0 aromatic rings. The zero-order valence-corrected chi connectivity index (χ0v) is 8.22. The molecule has 0 aliphatic rings. The quantitative estimate of drug-likeness (QED) is 0.486. The Labute approximate surface area is 74.5 Å². The maximum atomic E-state index is 11.0. The summed E-state index contributed by atoms with van der Waals surface area (Å²) < 4.78 is 4.97. The van der Waals surface area contributed by atoms with Gasteiger partial charge in [-0.1, -0.05) is 0 Å². The van der Waals surface area contributed by atoms with Crippen LogP contribution in [-0.2, 0) is 9.53 Å². The minimum atomic E-state index is -0.0823. The van der Waals surface area contributed by atoms with Gasteiger partial charge in [-0.15, -0.1) is 0 Å². The van der Waals surface area contributed by atoms with Crippen LogP contribution in [0.15, 0.2) is 0 Å². The molecule has 3 heteroatoms. The van der Waals surface area contributed by atoms with Gasteiger partial charge in [-0.25, -0.2) is 0 Å². The molecule has 0 spiro atoms. The van der Waals surface area contributed by atoms with Crippen molar-refractivity contribution in [3.05, 3.63) is 0 Å². The normalized spacial score (nSPS) is 10.3. The van der Waals surface area contributed by atoms with E-state index in [1.807, 2.05) is 20.9 Å². The number of nitrogens with one attached hydrogen (secondary N) is 1. The van der Waals surface area contributed by atoms with Crippen molar-refractivity contribution in [3.63, 3.8) is 0 Å². The highest BCUT2D eigenvalue weighted by Gasteiger charge is 2.03. The lowest BCUT2D eigenvalue weighted by atomic mass is 10.2. The van der Waals surface area contributed by atoms with E-state index in [0.29, 0.717) is 6.42 Å². The summed E-state index contributed by atoms with van der Waals surface area (Å²) in [6.45, 7) is 4.70. The first kappa shape index (κ1) is 11.4. The number of rotatable bonds is 6. The van der Waals surface area contributed by atoms with Gasteiger partial charge in [0.05, 0.1) is 6.10 Å². The fourth-order valence-electron chi connectivity index (χ4n) is 0.893. The molecule has 0 amide bonds. The standard InChI is InChI=1S/C9H19NO2/c1-8(2)12-9(11)6-4-5-7-10-3/h8,10H,4-7H2,1-3H3. The highest BCUT2D eigenvalue weighted by atomic mass is 16.5. The van der Waals surface area contributed by atoms with E-state index in [1.165, 1.54) is 0 Å². The summed E-state index contributed by atoms with van der Waals surface area (Å²) in [7, 11) is 1.91. The summed E-state index contributed by atoms with van der Waals surface area (Å²) in [6.07, 6.45) is 2.50. The molecule has 12 heavy (non-hydrogen) atoms. The smallest absolute Gasteiger partial charge is 0.306 e. The SMILES string of the molecule is CNCCCCC(=O)OC(C)C. The van der Waals surface area contributed by atoms with Crippen LogP contribution in [0.1, 0.15) is 33.1 Å². The van der Waals surface area contributed by atoms with Crippen LogP contribution >= 0.6 is 0 Å². The van der Waals surface area contributed by atoms with Gasteiger partial charge in [0.15, 0.2) is 0 Å². The van der Waals surface area contributed by atoms with Crippen LogP contribution in [0, 0.1) is 0 Å². The third-order valence-corrected chi connectivity index (χ3v) is 1.42. The molecule has 0 aromatic heterocycles. The van der Waals surface area contributed by atoms with Gasteiger partial charge in [-0.05, 0) is 40.3 Å². The zero-order valence-electron chi connectivity index (χ0n) is 8.22. The van der Waals surface area contributed by atoms with E-state index in [4.69, 9.17) is 4.74 Å². The van der Waals surface area contributed by atoms with Crippen LogP contribution in [0.5, 0.6) is 0 Å². The molecule has 0 saturated heterocycles. The molecule has 0 bridgehead atoms. The lowest BCUT2D eigenvalue weighted by Crippen LogP contribution is -2.12. The molecular formula is C9H19NO2. The first-order valence-electron chi connectivity index (χ1n) is 4.51. The Morgan fingerprint density at radius 1 is 1.42 bits per heavy atom. The van der Waals surface area contributed by atoms with Crippen molar-refractivity contribution < 1.29 is 9.53 Å². The molecule has 1 N–H and O–H groups in total. The summed E-state index contributed by atoms with van der Waals surface area (Å²) >= 11 is 0. The Morgan fingerprint density at radius 2 is 2.08 bits per heavy atom. The zero-order chi connectivity index (χ0) is 9.40. The molecule has 0 atom stereocenters. The number of carbonyl (C=O) groups is 1. The molecule has 0 fully saturated rings.